The second kappa shape index (κ2) is 10.1. The van der Waals surface area contributed by atoms with E-state index in [0.29, 0.717) is 12.0 Å². The summed E-state index contributed by atoms with van der Waals surface area (Å²) in [7, 11) is 0. The van der Waals surface area contributed by atoms with E-state index in [0.717, 1.165) is 55.9 Å². The Kier molecular flexibility index (Phi) is 7.59. The first-order valence-electron chi connectivity index (χ1n) is 10.3. The van der Waals surface area contributed by atoms with Gasteiger partial charge in [-0.2, -0.15) is 0 Å². The second-order valence-electron chi connectivity index (χ2n) is 7.72. The Bertz CT molecular complexity index is 616. The van der Waals surface area contributed by atoms with Crippen LogP contribution in [0.4, 0.5) is 5.82 Å². The van der Waals surface area contributed by atoms with Crippen molar-refractivity contribution in [1.82, 2.24) is 20.5 Å². The number of nitrogens with one attached hydrogen (secondary N) is 2. The molecule has 2 N–H and O–H groups in total. The highest BCUT2D eigenvalue weighted by molar-refractivity contribution is 6.32. The number of nitrogens with zero attached hydrogens (tertiary/aromatic N) is 4. The average molecular weight is 393 g/mol. The molecule has 6 nitrogen and oxygen atoms in total. The van der Waals surface area contributed by atoms with Gasteiger partial charge in [0.25, 0.3) is 0 Å². The van der Waals surface area contributed by atoms with Gasteiger partial charge < -0.3 is 20.4 Å². The molecule has 2 saturated heterocycles. The lowest BCUT2D eigenvalue weighted by molar-refractivity contribution is 0.291. The molecule has 2 fully saturated rings. The largest absolute Gasteiger partial charge is 0.357 e. The van der Waals surface area contributed by atoms with E-state index in [9.17, 15) is 0 Å². The Morgan fingerprint density at radius 1 is 1.37 bits per heavy atom. The molecule has 7 heteroatoms. The summed E-state index contributed by atoms with van der Waals surface area (Å²) in [6.45, 7) is 11.6. The van der Waals surface area contributed by atoms with Crippen LogP contribution in [-0.4, -0.2) is 67.7 Å². The summed E-state index contributed by atoms with van der Waals surface area (Å²) >= 11 is 6.30. The molecule has 2 unspecified atom stereocenters. The third-order valence-electron chi connectivity index (χ3n) is 5.24. The van der Waals surface area contributed by atoms with E-state index in [-0.39, 0.29) is 0 Å². The minimum Gasteiger partial charge on any atom is -0.357 e. The van der Waals surface area contributed by atoms with E-state index in [4.69, 9.17) is 16.6 Å². The van der Waals surface area contributed by atoms with Crippen molar-refractivity contribution >= 4 is 23.4 Å². The summed E-state index contributed by atoms with van der Waals surface area (Å²) in [6.07, 6.45) is 5.55. The van der Waals surface area contributed by atoms with Crippen molar-refractivity contribution in [2.45, 2.75) is 39.2 Å². The molecule has 2 atom stereocenters. The van der Waals surface area contributed by atoms with Crippen LogP contribution in [-0.2, 0) is 0 Å². The Morgan fingerprint density at radius 2 is 2.19 bits per heavy atom. The van der Waals surface area contributed by atoms with Crippen molar-refractivity contribution in [1.29, 1.82) is 0 Å². The van der Waals surface area contributed by atoms with Gasteiger partial charge in [-0.3, -0.25) is 4.99 Å². The molecule has 2 aliphatic rings. The van der Waals surface area contributed by atoms with Crippen LogP contribution in [0.1, 0.15) is 33.1 Å². The van der Waals surface area contributed by atoms with Crippen molar-refractivity contribution in [3.8, 4) is 0 Å². The summed E-state index contributed by atoms with van der Waals surface area (Å²) in [5, 5.41) is 7.70. The van der Waals surface area contributed by atoms with Crippen LogP contribution in [0.2, 0.25) is 5.02 Å². The highest BCUT2D eigenvalue weighted by atomic mass is 35.5. The molecule has 0 radical (unpaired) electrons. The second-order valence-corrected chi connectivity index (χ2v) is 8.12. The lowest BCUT2D eigenvalue weighted by Crippen LogP contribution is -2.45. The molecule has 1 aromatic heterocycles. The van der Waals surface area contributed by atoms with Gasteiger partial charge >= 0.3 is 0 Å². The number of anilines is 1. The number of hydrogen-bond donors (Lipinski definition) is 2. The van der Waals surface area contributed by atoms with Gasteiger partial charge in [0, 0.05) is 45.0 Å². The molecule has 3 rings (SSSR count). The molecule has 0 bridgehead atoms. The van der Waals surface area contributed by atoms with Gasteiger partial charge in [-0.25, -0.2) is 4.98 Å². The molecule has 1 aromatic rings. The highest BCUT2D eigenvalue weighted by Gasteiger charge is 2.25. The Balaban J connectivity index is 1.50. The normalized spacial score (nSPS) is 22.3. The minimum atomic E-state index is 0.356. The zero-order valence-electron chi connectivity index (χ0n) is 16.6. The first kappa shape index (κ1) is 20.2. The SMILES string of the molecule is CCNC(=NCC(C)CN1CCCC1)NC1CCN(c2ncccc2Cl)C1. The predicted octanol–water partition coefficient (Wildman–Crippen LogP) is 2.60. The zero-order chi connectivity index (χ0) is 19.1. The first-order chi connectivity index (χ1) is 13.2. The van der Waals surface area contributed by atoms with Gasteiger partial charge in [0.15, 0.2) is 5.96 Å². The fourth-order valence-corrected chi connectivity index (χ4v) is 4.15. The summed E-state index contributed by atoms with van der Waals surface area (Å²) in [6, 6.07) is 4.13. The minimum absolute atomic E-state index is 0.356. The number of pyridine rings is 1. The molecular formula is C20H33ClN6. The third-order valence-corrected chi connectivity index (χ3v) is 5.54. The van der Waals surface area contributed by atoms with Crippen LogP contribution in [0, 0.1) is 5.92 Å². The van der Waals surface area contributed by atoms with E-state index < -0.39 is 0 Å². The zero-order valence-corrected chi connectivity index (χ0v) is 17.4. The lowest BCUT2D eigenvalue weighted by Gasteiger charge is -2.21. The lowest BCUT2D eigenvalue weighted by atomic mass is 10.2. The molecule has 0 spiro atoms. The Morgan fingerprint density at radius 3 is 2.93 bits per heavy atom. The van der Waals surface area contributed by atoms with Crippen molar-refractivity contribution in [2.75, 3.05) is 50.7 Å². The molecule has 0 saturated carbocycles. The van der Waals surface area contributed by atoms with Crippen molar-refractivity contribution in [3.63, 3.8) is 0 Å². The first-order valence-corrected chi connectivity index (χ1v) is 10.7. The van der Waals surface area contributed by atoms with Crippen LogP contribution in [0.25, 0.3) is 0 Å². The molecule has 0 aromatic carbocycles. The number of aromatic nitrogens is 1. The maximum absolute atomic E-state index is 6.30. The van der Waals surface area contributed by atoms with Gasteiger partial charge in [-0.05, 0) is 57.3 Å². The standard InChI is InChI=1S/C20H33ClN6/c1-3-22-20(24-13-16(2)14-26-10-4-5-11-26)25-17-8-12-27(15-17)19-18(21)7-6-9-23-19/h6-7,9,16-17H,3-5,8,10-15H2,1-2H3,(H2,22,24,25). The number of guanidine groups is 1. The van der Waals surface area contributed by atoms with Crippen LogP contribution in [0.5, 0.6) is 0 Å². The monoisotopic (exact) mass is 392 g/mol. The van der Waals surface area contributed by atoms with Crippen molar-refractivity contribution in [2.24, 2.45) is 10.9 Å². The van der Waals surface area contributed by atoms with Gasteiger partial charge in [0.2, 0.25) is 0 Å². The van der Waals surface area contributed by atoms with Crippen molar-refractivity contribution in [3.05, 3.63) is 23.4 Å². The molecule has 2 aliphatic heterocycles. The average Bonchev–Trinajstić information content (AvgIpc) is 3.32. The maximum atomic E-state index is 6.30. The summed E-state index contributed by atoms with van der Waals surface area (Å²) in [5.41, 5.74) is 0. The molecular weight excluding hydrogens is 360 g/mol. The van der Waals surface area contributed by atoms with Gasteiger partial charge in [-0.15, -0.1) is 0 Å². The van der Waals surface area contributed by atoms with Gasteiger partial charge in [0.05, 0.1) is 5.02 Å². The van der Waals surface area contributed by atoms with Crippen LogP contribution < -0.4 is 15.5 Å². The molecule has 27 heavy (non-hydrogen) atoms. The van der Waals surface area contributed by atoms with Gasteiger partial charge in [0.1, 0.15) is 5.82 Å². The van der Waals surface area contributed by atoms with E-state index in [1.54, 1.807) is 6.20 Å². The van der Waals surface area contributed by atoms with E-state index >= 15 is 0 Å². The van der Waals surface area contributed by atoms with Crippen molar-refractivity contribution < 1.29 is 0 Å². The highest BCUT2D eigenvalue weighted by Crippen LogP contribution is 2.25. The Hall–Kier alpha value is -1.53. The fraction of sp³-hybridized carbons (Fsp3) is 0.700. The van der Waals surface area contributed by atoms with E-state index in [2.05, 4.69) is 39.3 Å². The van der Waals surface area contributed by atoms with Crippen LogP contribution >= 0.6 is 11.6 Å². The van der Waals surface area contributed by atoms with Crippen LogP contribution in [0.15, 0.2) is 23.3 Å². The summed E-state index contributed by atoms with van der Waals surface area (Å²) in [5.74, 6) is 2.38. The molecule has 0 amide bonds. The van der Waals surface area contributed by atoms with Crippen LogP contribution in [0.3, 0.4) is 0 Å². The molecule has 3 heterocycles. The number of aliphatic imine (C=N–C) groups is 1. The van der Waals surface area contributed by atoms with E-state index in [1.165, 1.54) is 25.9 Å². The topological polar surface area (TPSA) is 55.8 Å². The number of likely N-dealkylation sites (tertiary alicyclic amines) is 1. The predicted molar refractivity (Wildman–Crippen MR) is 114 cm³/mol. The number of halogens is 1. The quantitative estimate of drug-likeness (QED) is 0.551. The third kappa shape index (κ3) is 5.98. The van der Waals surface area contributed by atoms with Gasteiger partial charge in [-0.1, -0.05) is 18.5 Å². The molecule has 0 aliphatic carbocycles. The Labute approximate surface area is 168 Å². The van der Waals surface area contributed by atoms with E-state index in [1.807, 2.05) is 12.1 Å². The summed E-state index contributed by atoms with van der Waals surface area (Å²) < 4.78 is 0. The summed E-state index contributed by atoms with van der Waals surface area (Å²) in [4.78, 5) is 14.1. The maximum Gasteiger partial charge on any atom is 0.191 e. The smallest absolute Gasteiger partial charge is 0.191 e. The fourth-order valence-electron chi connectivity index (χ4n) is 3.90. The number of hydrogen-bond acceptors (Lipinski definition) is 4. The number of rotatable bonds is 7. The molecule has 150 valence electrons.